The van der Waals surface area contributed by atoms with E-state index >= 15 is 0 Å². The van der Waals surface area contributed by atoms with E-state index in [2.05, 4.69) is 21.9 Å². The van der Waals surface area contributed by atoms with Gasteiger partial charge in [-0.05, 0) is 60.6 Å². The Kier molecular flexibility index (Phi) is 7.20. The molecule has 1 aromatic carbocycles. The Morgan fingerprint density at radius 3 is 2.63 bits per heavy atom. The van der Waals surface area contributed by atoms with E-state index in [1.807, 2.05) is 0 Å². The number of allylic oxidation sites excluding steroid dienone is 4. The molecule has 0 spiro atoms. The molecule has 4 rings (SSSR count). The summed E-state index contributed by atoms with van der Waals surface area (Å²) in [5.74, 6) is -1.47. The van der Waals surface area contributed by atoms with Crippen molar-refractivity contribution in [3.8, 4) is 22.8 Å². The molecule has 8 nitrogen and oxygen atoms in total. The highest BCUT2D eigenvalue weighted by molar-refractivity contribution is 5.97. The van der Waals surface area contributed by atoms with E-state index in [-0.39, 0.29) is 22.9 Å². The van der Waals surface area contributed by atoms with Crippen LogP contribution in [0.5, 0.6) is 11.5 Å². The van der Waals surface area contributed by atoms with Crippen molar-refractivity contribution in [1.29, 1.82) is 0 Å². The molecule has 1 fully saturated rings. The number of ether oxygens (including phenoxy) is 2. The minimum atomic E-state index is -0.799. The van der Waals surface area contributed by atoms with Gasteiger partial charge in [-0.3, -0.25) is 4.79 Å². The predicted molar refractivity (Wildman–Crippen MR) is 126 cm³/mol. The lowest BCUT2D eigenvalue weighted by molar-refractivity contribution is -0.144. The molecule has 35 heavy (non-hydrogen) atoms. The highest BCUT2D eigenvalue weighted by Gasteiger charge is 2.33. The molecule has 1 saturated carbocycles. The molecule has 2 aliphatic rings. The van der Waals surface area contributed by atoms with Crippen molar-refractivity contribution in [1.82, 2.24) is 15.1 Å². The van der Waals surface area contributed by atoms with Crippen molar-refractivity contribution in [2.75, 3.05) is 14.2 Å². The lowest BCUT2D eigenvalue weighted by Crippen LogP contribution is -2.47. The van der Waals surface area contributed by atoms with Crippen LogP contribution in [0.2, 0.25) is 0 Å². The number of methoxy groups -OCH3 is 2. The zero-order valence-corrected chi connectivity index (χ0v) is 19.5. The van der Waals surface area contributed by atoms with Crippen LogP contribution in [0.25, 0.3) is 17.0 Å². The van der Waals surface area contributed by atoms with E-state index in [4.69, 9.17) is 9.47 Å². The van der Waals surface area contributed by atoms with Gasteiger partial charge in [-0.2, -0.15) is 9.49 Å². The number of phenolic OH excluding ortho intramolecular Hbond substituents is 1. The Labute approximate surface area is 202 Å². The molecule has 0 radical (unpaired) electrons. The number of hydrogen-bond donors (Lipinski definition) is 2. The number of carbonyl (C=O) groups excluding carboxylic acids is 2. The zero-order chi connectivity index (χ0) is 24.9. The molecule has 1 atom stereocenters. The van der Waals surface area contributed by atoms with Crippen molar-refractivity contribution < 1.29 is 28.6 Å². The molecular formula is C26H26FN3O5. The van der Waals surface area contributed by atoms with Crippen molar-refractivity contribution >= 4 is 17.6 Å². The van der Waals surface area contributed by atoms with E-state index in [0.29, 0.717) is 17.1 Å². The predicted octanol–water partition coefficient (Wildman–Crippen LogP) is 4.13. The maximum atomic E-state index is 13.5. The van der Waals surface area contributed by atoms with Crippen LogP contribution in [-0.2, 0) is 9.53 Å². The summed E-state index contributed by atoms with van der Waals surface area (Å²) in [5.41, 5.74) is 5.90. The molecule has 1 aromatic heterocycles. The Morgan fingerprint density at radius 1 is 1.20 bits per heavy atom. The van der Waals surface area contributed by atoms with Gasteiger partial charge in [-0.25, -0.2) is 9.48 Å². The van der Waals surface area contributed by atoms with Gasteiger partial charge < -0.3 is 19.9 Å². The summed E-state index contributed by atoms with van der Waals surface area (Å²) in [5, 5.41) is 17.8. The van der Waals surface area contributed by atoms with E-state index in [0.717, 1.165) is 32.1 Å². The second kappa shape index (κ2) is 10.5. The highest BCUT2D eigenvalue weighted by atomic mass is 19.1. The van der Waals surface area contributed by atoms with Gasteiger partial charge in [0.05, 0.1) is 25.5 Å². The lowest BCUT2D eigenvalue weighted by atomic mass is 9.84. The third-order valence-electron chi connectivity index (χ3n) is 6.21. The van der Waals surface area contributed by atoms with Gasteiger partial charge in [-0.1, -0.05) is 25.3 Å². The lowest BCUT2D eigenvalue weighted by Gasteiger charge is -2.28. The summed E-state index contributed by atoms with van der Waals surface area (Å²) < 4.78 is 25.2. The van der Waals surface area contributed by atoms with E-state index in [1.54, 1.807) is 12.1 Å². The summed E-state index contributed by atoms with van der Waals surface area (Å²) in [6, 6.07) is 5.43. The van der Waals surface area contributed by atoms with Gasteiger partial charge in [0.1, 0.15) is 23.2 Å². The van der Waals surface area contributed by atoms with E-state index in [9.17, 15) is 19.1 Å². The van der Waals surface area contributed by atoms with Crippen molar-refractivity contribution in [2.45, 2.75) is 38.1 Å². The topological polar surface area (TPSA) is 103 Å². The SMILES string of the molecule is COC(=O)C(NC(=O)c1cc(-c2c(O)cccc2OC)n(C2=C=C=C(F)C=C2)n1)C1CCCCC1. The molecule has 1 amide bonds. The van der Waals surface area contributed by atoms with Crippen LogP contribution in [0.15, 0.2) is 53.7 Å². The van der Waals surface area contributed by atoms with Gasteiger partial charge in [0.25, 0.3) is 5.91 Å². The molecule has 182 valence electrons. The molecule has 2 aliphatic carbocycles. The number of benzene rings is 1. The highest BCUT2D eigenvalue weighted by Crippen LogP contribution is 2.39. The molecule has 0 bridgehead atoms. The van der Waals surface area contributed by atoms with Crippen molar-refractivity contribution in [2.24, 2.45) is 5.92 Å². The number of hydrogen-bond acceptors (Lipinski definition) is 6. The minimum absolute atomic E-state index is 0.00672. The number of aromatic nitrogens is 2. The standard InChI is InChI=1S/C26H26FN3O5/c1-34-22-10-6-9-21(31)23(22)20-15-19(29-30(20)18-13-11-17(27)12-14-18)25(32)28-24(26(33)35-2)16-7-4-3-5-8-16/h6,9-11,13,15-16,24,31H,3-5,7-8H2,1-2H3,(H,28,32). The molecule has 9 heteroatoms. The molecule has 0 aliphatic heterocycles. The monoisotopic (exact) mass is 479 g/mol. The number of nitrogens with one attached hydrogen (secondary N) is 1. The Morgan fingerprint density at radius 2 is 1.97 bits per heavy atom. The zero-order valence-electron chi connectivity index (χ0n) is 19.5. The fourth-order valence-electron chi connectivity index (χ4n) is 4.46. The van der Waals surface area contributed by atoms with Gasteiger partial charge in [-0.15, -0.1) is 0 Å². The van der Waals surface area contributed by atoms with Crippen LogP contribution < -0.4 is 10.1 Å². The number of halogens is 1. The number of nitrogens with zero attached hydrogens (tertiary/aromatic N) is 2. The first-order valence-corrected chi connectivity index (χ1v) is 11.4. The maximum absolute atomic E-state index is 13.5. The number of aromatic hydroxyl groups is 1. The summed E-state index contributed by atoms with van der Waals surface area (Å²) >= 11 is 0. The second-order valence-electron chi connectivity index (χ2n) is 8.37. The van der Waals surface area contributed by atoms with Gasteiger partial charge in [0.15, 0.2) is 11.5 Å². The molecule has 2 N–H and O–H groups in total. The van der Waals surface area contributed by atoms with E-state index in [1.165, 1.54) is 43.2 Å². The van der Waals surface area contributed by atoms with Gasteiger partial charge in [0.2, 0.25) is 0 Å². The summed E-state index contributed by atoms with van der Waals surface area (Å²) in [6.45, 7) is 0. The molecular weight excluding hydrogens is 453 g/mol. The summed E-state index contributed by atoms with van der Waals surface area (Å²) in [7, 11) is 2.75. The smallest absolute Gasteiger partial charge is 0.328 e. The van der Waals surface area contributed by atoms with Crippen LogP contribution in [0.3, 0.4) is 0 Å². The Balaban J connectivity index is 1.77. The van der Waals surface area contributed by atoms with Crippen LogP contribution in [0.1, 0.15) is 42.6 Å². The van der Waals surface area contributed by atoms with Crippen LogP contribution in [0, 0.1) is 5.92 Å². The summed E-state index contributed by atoms with van der Waals surface area (Å²) in [4.78, 5) is 25.8. The average Bonchev–Trinajstić information content (AvgIpc) is 3.32. The van der Waals surface area contributed by atoms with Crippen molar-refractivity contribution in [3.63, 3.8) is 0 Å². The number of amides is 1. The maximum Gasteiger partial charge on any atom is 0.328 e. The average molecular weight is 480 g/mol. The first-order valence-electron chi connectivity index (χ1n) is 11.4. The normalized spacial score (nSPS) is 16.3. The third kappa shape index (κ3) is 5.06. The number of rotatable bonds is 7. The first-order chi connectivity index (χ1) is 16.9. The van der Waals surface area contributed by atoms with Gasteiger partial charge >= 0.3 is 5.97 Å². The molecule has 1 heterocycles. The molecule has 2 aromatic rings. The molecule has 1 unspecified atom stereocenters. The van der Waals surface area contributed by atoms with Crippen LogP contribution in [0.4, 0.5) is 4.39 Å². The first kappa shape index (κ1) is 24.1. The van der Waals surface area contributed by atoms with Crippen LogP contribution >= 0.6 is 0 Å². The quantitative estimate of drug-likeness (QED) is 0.457. The molecule has 0 saturated heterocycles. The summed E-state index contributed by atoms with van der Waals surface area (Å²) in [6.07, 6.45) is 7.31. The third-order valence-corrected chi connectivity index (χ3v) is 6.21. The fraction of sp³-hybridized carbons (Fsp3) is 0.346. The van der Waals surface area contributed by atoms with Crippen molar-refractivity contribution in [3.05, 3.63) is 59.4 Å². The Bertz CT molecular complexity index is 1280. The minimum Gasteiger partial charge on any atom is -0.507 e. The number of phenols is 1. The Hall–Kier alpha value is -4.06. The number of carbonyl (C=O) groups is 2. The number of esters is 1. The second-order valence-corrected chi connectivity index (χ2v) is 8.37. The largest absolute Gasteiger partial charge is 0.507 e. The fourth-order valence-corrected chi connectivity index (χ4v) is 4.46. The van der Waals surface area contributed by atoms with Crippen LogP contribution in [-0.4, -0.2) is 47.0 Å². The van der Waals surface area contributed by atoms with Gasteiger partial charge in [0, 0.05) is 0 Å². The van der Waals surface area contributed by atoms with E-state index < -0.39 is 23.7 Å².